The number of allylic oxidation sites excluding steroid dienone is 1. The Morgan fingerprint density at radius 1 is 0.882 bits per heavy atom. The molecule has 0 saturated heterocycles. The normalized spacial score (nSPS) is 43.3. The largest absolute Gasteiger partial charge is 0.339 e. The molecule has 0 heterocycles. The van der Waals surface area contributed by atoms with Gasteiger partial charge in [0.25, 0.3) is 0 Å². The molecule has 194 valence electrons. The maximum Gasteiger partial charge on any atom is 0.246 e. The fourth-order valence-corrected chi connectivity index (χ4v) is 9.42. The Morgan fingerprint density at radius 2 is 1.53 bits per heavy atom. The summed E-state index contributed by atoms with van der Waals surface area (Å²) in [5.41, 5.74) is 2.22. The second kappa shape index (κ2) is 9.56. The van der Waals surface area contributed by atoms with Crippen molar-refractivity contribution in [1.29, 1.82) is 0 Å². The molecule has 0 aromatic heterocycles. The second-order valence-electron chi connectivity index (χ2n) is 14.0. The molecule has 1 amide bonds. The Kier molecular flexibility index (Phi) is 7.38. The molecule has 34 heavy (non-hydrogen) atoms. The lowest BCUT2D eigenvalue weighted by atomic mass is 9.44. The minimum atomic E-state index is 0.217. The molecule has 9 atom stereocenters. The summed E-state index contributed by atoms with van der Waals surface area (Å²) in [5.74, 6) is 5.08. The van der Waals surface area contributed by atoms with Crippen LogP contribution < -0.4 is 0 Å². The minimum absolute atomic E-state index is 0.217. The van der Waals surface area contributed by atoms with Crippen LogP contribution >= 0.6 is 0 Å². The number of nitrogens with zero attached hydrogens (tertiary/aromatic N) is 2. The highest BCUT2D eigenvalue weighted by atomic mass is 16.2. The van der Waals surface area contributed by atoms with Crippen molar-refractivity contribution in [3.05, 3.63) is 11.6 Å². The zero-order valence-corrected chi connectivity index (χ0v) is 23.9. The average Bonchev–Trinajstić information content (AvgIpc) is 3.14. The van der Waals surface area contributed by atoms with Gasteiger partial charge in [-0.3, -0.25) is 4.79 Å². The van der Waals surface area contributed by atoms with Gasteiger partial charge < -0.3 is 9.80 Å². The first-order valence-electron chi connectivity index (χ1n) is 14.5. The van der Waals surface area contributed by atoms with Crippen LogP contribution in [0, 0.1) is 46.3 Å². The molecule has 3 nitrogen and oxygen atoms in total. The van der Waals surface area contributed by atoms with Crippen LogP contribution in [0.25, 0.3) is 0 Å². The molecule has 4 rings (SSSR count). The Bertz CT molecular complexity index is 786. The van der Waals surface area contributed by atoms with Crippen LogP contribution in [-0.2, 0) is 4.79 Å². The zero-order valence-electron chi connectivity index (χ0n) is 23.9. The van der Waals surface area contributed by atoms with E-state index >= 15 is 0 Å². The van der Waals surface area contributed by atoms with E-state index < -0.39 is 0 Å². The lowest BCUT2D eigenvalue weighted by molar-refractivity contribution is -0.137. The van der Waals surface area contributed by atoms with Crippen molar-refractivity contribution in [1.82, 2.24) is 9.80 Å². The van der Waals surface area contributed by atoms with Crippen molar-refractivity contribution in [2.24, 2.45) is 46.3 Å². The summed E-state index contributed by atoms with van der Waals surface area (Å²) in [5, 5.41) is 0. The standard InChI is InChI=1S/C31H54N2O/c1-20(2)21(3)18-29(34)33(9)24-14-16-30(5)23(19-24)10-11-25-27-13-12-26(22(4)32(7)8)31(27,6)17-15-28(25)30/h18,20,22-28H,10-17,19H2,1-9H3/t22?,23?,24?,25?,26?,27?,28?,30-,31+/m0/s1. The summed E-state index contributed by atoms with van der Waals surface area (Å²) < 4.78 is 0. The number of fused-ring (bicyclic) bond motifs is 5. The van der Waals surface area contributed by atoms with Gasteiger partial charge in [-0.25, -0.2) is 0 Å². The molecule has 4 aliphatic rings. The molecular formula is C31H54N2O. The summed E-state index contributed by atoms with van der Waals surface area (Å²) >= 11 is 0. The molecule has 0 aliphatic heterocycles. The number of likely N-dealkylation sites (N-methyl/N-ethyl adjacent to an activating group) is 1. The van der Waals surface area contributed by atoms with Crippen molar-refractivity contribution < 1.29 is 4.79 Å². The van der Waals surface area contributed by atoms with Gasteiger partial charge in [0.05, 0.1) is 0 Å². The maximum absolute atomic E-state index is 13.0. The highest BCUT2D eigenvalue weighted by Gasteiger charge is 2.61. The molecular weight excluding hydrogens is 416 g/mol. The number of carbonyl (C=O) groups is 1. The number of carbonyl (C=O) groups excluding carboxylic acids is 1. The zero-order chi connectivity index (χ0) is 25.0. The summed E-state index contributed by atoms with van der Waals surface area (Å²) in [4.78, 5) is 17.5. The molecule has 7 unspecified atom stereocenters. The summed E-state index contributed by atoms with van der Waals surface area (Å²) in [6, 6.07) is 1.11. The lowest BCUT2D eigenvalue weighted by Crippen LogP contribution is -2.56. The Balaban J connectivity index is 1.46. The van der Waals surface area contributed by atoms with E-state index in [0.29, 0.717) is 28.8 Å². The Morgan fingerprint density at radius 3 is 2.18 bits per heavy atom. The first-order chi connectivity index (χ1) is 15.9. The molecule has 0 aromatic rings. The van der Waals surface area contributed by atoms with Gasteiger partial charge in [0, 0.05) is 25.2 Å². The van der Waals surface area contributed by atoms with Crippen molar-refractivity contribution in [2.75, 3.05) is 21.1 Å². The molecule has 0 spiro atoms. The van der Waals surface area contributed by atoms with Crippen LogP contribution in [0.2, 0.25) is 0 Å². The van der Waals surface area contributed by atoms with Crippen molar-refractivity contribution in [2.45, 2.75) is 111 Å². The third kappa shape index (κ3) is 4.31. The molecule has 4 saturated carbocycles. The highest BCUT2D eigenvalue weighted by Crippen LogP contribution is 2.68. The molecule has 0 N–H and O–H groups in total. The van der Waals surface area contributed by atoms with E-state index in [4.69, 9.17) is 0 Å². The third-order valence-corrected chi connectivity index (χ3v) is 12.3. The van der Waals surface area contributed by atoms with Crippen LogP contribution in [0.3, 0.4) is 0 Å². The van der Waals surface area contributed by atoms with Gasteiger partial charge in [-0.15, -0.1) is 0 Å². The SMILES string of the molecule is CC(=CC(=O)N(C)C1CC[C@@]2(C)C(CCC3C4CCC(C(C)N(C)C)[C@@]4(C)CCC32)C1)C(C)C. The number of rotatable bonds is 5. The second-order valence-corrected chi connectivity index (χ2v) is 14.0. The van der Waals surface area contributed by atoms with Crippen molar-refractivity contribution >= 4 is 5.91 Å². The Hall–Kier alpha value is -0.830. The van der Waals surface area contributed by atoms with E-state index in [1.807, 2.05) is 6.08 Å². The van der Waals surface area contributed by atoms with Gasteiger partial charge in [0.1, 0.15) is 0 Å². The summed E-state index contributed by atoms with van der Waals surface area (Å²) in [6.07, 6.45) is 14.2. The predicted octanol–water partition coefficient (Wildman–Crippen LogP) is 7.02. The van der Waals surface area contributed by atoms with E-state index in [-0.39, 0.29) is 5.91 Å². The Labute approximate surface area is 211 Å². The number of hydrogen-bond acceptors (Lipinski definition) is 2. The van der Waals surface area contributed by atoms with Crippen LogP contribution in [0.5, 0.6) is 0 Å². The summed E-state index contributed by atoms with van der Waals surface area (Å²) in [6.45, 7) is 14.2. The molecule has 0 aromatic carbocycles. The highest BCUT2D eigenvalue weighted by molar-refractivity contribution is 5.88. The van der Waals surface area contributed by atoms with Crippen LogP contribution in [0.15, 0.2) is 11.6 Å². The first-order valence-corrected chi connectivity index (χ1v) is 14.5. The average molecular weight is 471 g/mol. The molecule has 4 aliphatic carbocycles. The smallest absolute Gasteiger partial charge is 0.246 e. The third-order valence-electron chi connectivity index (χ3n) is 12.3. The van der Waals surface area contributed by atoms with Crippen molar-refractivity contribution in [3.8, 4) is 0 Å². The lowest BCUT2D eigenvalue weighted by Gasteiger charge is -2.62. The molecule has 3 heteroatoms. The van der Waals surface area contributed by atoms with Crippen molar-refractivity contribution in [3.63, 3.8) is 0 Å². The minimum Gasteiger partial charge on any atom is -0.339 e. The van der Waals surface area contributed by atoms with Gasteiger partial charge in [-0.1, -0.05) is 33.3 Å². The van der Waals surface area contributed by atoms with E-state index in [9.17, 15) is 4.79 Å². The van der Waals surface area contributed by atoms with Crippen LogP contribution in [-0.4, -0.2) is 48.9 Å². The van der Waals surface area contributed by atoms with Gasteiger partial charge in [-0.2, -0.15) is 0 Å². The fraction of sp³-hybridized carbons (Fsp3) is 0.903. The summed E-state index contributed by atoms with van der Waals surface area (Å²) in [7, 11) is 6.61. The van der Waals surface area contributed by atoms with E-state index in [0.717, 1.165) is 29.6 Å². The van der Waals surface area contributed by atoms with Gasteiger partial charge in [0.15, 0.2) is 0 Å². The predicted molar refractivity (Wildman–Crippen MR) is 144 cm³/mol. The van der Waals surface area contributed by atoms with E-state index in [2.05, 4.69) is 72.5 Å². The molecule has 4 fully saturated rings. The van der Waals surface area contributed by atoms with E-state index in [1.54, 1.807) is 0 Å². The molecule has 0 radical (unpaired) electrons. The van der Waals surface area contributed by atoms with Crippen LogP contribution in [0.4, 0.5) is 0 Å². The molecule has 0 bridgehead atoms. The van der Waals surface area contributed by atoms with Crippen LogP contribution in [0.1, 0.15) is 99.3 Å². The monoisotopic (exact) mass is 470 g/mol. The maximum atomic E-state index is 13.0. The quantitative estimate of drug-likeness (QED) is 0.403. The van der Waals surface area contributed by atoms with Gasteiger partial charge in [-0.05, 0) is 132 Å². The number of amides is 1. The topological polar surface area (TPSA) is 23.6 Å². The van der Waals surface area contributed by atoms with Gasteiger partial charge in [0.2, 0.25) is 5.91 Å². The first kappa shape index (κ1) is 26.2. The number of hydrogen-bond donors (Lipinski definition) is 0. The van der Waals surface area contributed by atoms with E-state index in [1.165, 1.54) is 63.4 Å². The fourth-order valence-electron chi connectivity index (χ4n) is 9.42. The van der Waals surface area contributed by atoms with Gasteiger partial charge >= 0.3 is 0 Å².